The van der Waals surface area contributed by atoms with Crippen molar-refractivity contribution in [2.75, 3.05) is 13.1 Å². The van der Waals surface area contributed by atoms with E-state index in [1.54, 1.807) is 0 Å². The maximum absolute atomic E-state index is 6.04. The number of aromatic nitrogens is 2. The molecular formula is C18H21N3O. The highest BCUT2D eigenvalue weighted by Gasteiger charge is 2.20. The molecule has 4 rings (SSSR count). The van der Waals surface area contributed by atoms with Crippen LogP contribution in [0.3, 0.4) is 0 Å². The van der Waals surface area contributed by atoms with Gasteiger partial charge in [-0.05, 0) is 44.0 Å². The van der Waals surface area contributed by atoms with E-state index in [1.165, 1.54) is 24.8 Å². The lowest BCUT2D eigenvalue weighted by Gasteiger charge is -2.19. The van der Waals surface area contributed by atoms with E-state index in [2.05, 4.69) is 46.3 Å². The average Bonchev–Trinajstić information content (AvgIpc) is 3.25. The molecule has 1 aliphatic heterocycles. The smallest absolute Gasteiger partial charge is 0.134 e. The first-order valence-corrected chi connectivity index (χ1v) is 8.05. The number of benzene rings is 1. The van der Waals surface area contributed by atoms with Gasteiger partial charge in [-0.1, -0.05) is 12.1 Å². The van der Waals surface area contributed by atoms with E-state index in [4.69, 9.17) is 4.42 Å². The maximum atomic E-state index is 6.04. The molecule has 114 valence electrons. The number of hydrogen-bond donors (Lipinski definition) is 1. The summed E-state index contributed by atoms with van der Waals surface area (Å²) in [5.74, 6) is 1.08. The van der Waals surface area contributed by atoms with Crippen LogP contribution in [0.4, 0.5) is 0 Å². The molecule has 4 nitrogen and oxygen atoms in total. The van der Waals surface area contributed by atoms with Gasteiger partial charge in [0.2, 0.25) is 0 Å². The Balaban J connectivity index is 1.53. The van der Waals surface area contributed by atoms with Crippen LogP contribution < -0.4 is 0 Å². The van der Waals surface area contributed by atoms with Gasteiger partial charge >= 0.3 is 0 Å². The van der Waals surface area contributed by atoms with E-state index in [0.717, 1.165) is 41.5 Å². The second kappa shape index (κ2) is 5.61. The minimum atomic E-state index is 0.720. The van der Waals surface area contributed by atoms with Gasteiger partial charge in [-0.2, -0.15) is 5.10 Å². The molecule has 2 aromatic heterocycles. The molecule has 0 radical (unpaired) electrons. The standard InChI is InChI=1S/C18H21N3O/c1-13-3-2-7-21(13)8-6-17-9-15-5-4-14(10-18(15)22-17)16-11-19-20-12-16/h4-5,9-13H,2-3,6-8H2,1H3,(H,19,20). The molecule has 0 spiro atoms. The topological polar surface area (TPSA) is 45.1 Å². The zero-order chi connectivity index (χ0) is 14.9. The van der Waals surface area contributed by atoms with Crippen LogP contribution in [0.15, 0.2) is 41.1 Å². The molecule has 1 unspecified atom stereocenters. The number of hydrogen-bond acceptors (Lipinski definition) is 3. The average molecular weight is 295 g/mol. The Kier molecular flexibility index (Phi) is 3.47. The number of furan rings is 1. The lowest BCUT2D eigenvalue weighted by molar-refractivity contribution is 0.266. The van der Waals surface area contributed by atoms with E-state index in [1.807, 2.05) is 12.4 Å². The Morgan fingerprint density at radius 1 is 1.32 bits per heavy atom. The van der Waals surface area contributed by atoms with Gasteiger partial charge in [0, 0.05) is 36.2 Å². The number of H-pyrrole nitrogens is 1. The summed E-state index contributed by atoms with van der Waals surface area (Å²) in [6.07, 6.45) is 7.38. The lowest BCUT2D eigenvalue weighted by Crippen LogP contribution is -2.28. The third kappa shape index (κ3) is 2.55. The Labute approximate surface area is 130 Å². The van der Waals surface area contributed by atoms with Crippen molar-refractivity contribution in [3.05, 3.63) is 42.4 Å². The molecule has 3 aromatic rings. The van der Waals surface area contributed by atoms with Gasteiger partial charge in [0.05, 0.1) is 6.20 Å². The van der Waals surface area contributed by atoms with E-state index in [-0.39, 0.29) is 0 Å². The highest BCUT2D eigenvalue weighted by Crippen LogP contribution is 2.27. The van der Waals surface area contributed by atoms with Crippen molar-refractivity contribution in [2.24, 2.45) is 0 Å². The molecule has 3 heterocycles. The fourth-order valence-corrected chi connectivity index (χ4v) is 3.38. The number of rotatable bonds is 4. The van der Waals surface area contributed by atoms with Gasteiger partial charge in [-0.3, -0.25) is 5.10 Å². The first kappa shape index (κ1) is 13.6. The summed E-state index contributed by atoms with van der Waals surface area (Å²) >= 11 is 0. The highest BCUT2D eigenvalue weighted by molar-refractivity contribution is 5.83. The fourth-order valence-electron chi connectivity index (χ4n) is 3.38. The van der Waals surface area contributed by atoms with Crippen molar-refractivity contribution in [1.29, 1.82) is 0 Å². The molecule has 1 atom stereocenters. The molecule has 1 N–H and O–H groups in total. The lowest BCUT2D eigenvalue weighted by atomic mass is 10.1. The fraction of sp³-hybridized carbons (Fsp3) is 0.389. The molecule has 1 aromatic carbocycles. The van der Waals surface area contributed by atoms with E-state index < -0.39 is 0 Å². The molecule has 0 amide bonds. The summed E-state index contributed by atoms with van der Waals surface area (Å²) in [6, 6.07) is 9.24. The number of fused-ring (bicyclic) bond motifs is 1. The molecule has 22 heavy (non-hydrogen) atoms. The highest BCUT2D eigenvalue weighted by atomic mass is 16.3. The number of likely N-dealkylation sites (tertiary alicyclic amines) is 1. The quantitative estimate of drug-likeness (QED) is 0.795. The van der Waals surface area contributed by atoms with Crippen LogP contribution in [0.25, 0.3) is 22.1 Å². The Morgan fingerprint density at radius 2 is 2.27 bits per heavy atom. The molecule has 1 fully saturated rings. The Morgan fingerprint density at radius 3 is 3.05 bits per heavy atom. The van der Waals surface area contributed by atoms with Crippen LogP contribution in [0.1, 0.15) is 25.5 Å². The third-order valence-corrected chi connectivity index (χ3v) is 4.74. The molecular weight excluding hydrogens is 274 g/mol. The summed E-state index contributed by atoms with van der Waals surface area (Å²) in [5, 5.41) is 8.03. The van der Waals surface area contributed by atoms with Crippen molar-refractivity contribution in [3.63, 3.8) is 0 Å². The number of aromatic amines is 1. The van der Waals surface area contributed by atoms with Crippen LogP contribution in [0.5, 0.6) is 0 Å². The van der Waals surface area contributed by atoms with Gasteiger partial charge < -0.3 is 9.32 Å². The Hall–Kier alpha value is -2.07. The largest absolute Gasteiger partial charge is 0.461 e. The van der Waals surface area contributed by atoms with Crippen LogP contribution in [-0.4, -0.2) is 34.2 Å². The Bertz CT molecular complexity index is 760. The van der Waals surface area contributed by atoms with Crippen LogP contribution in [0, 0.1) is 0 Å². The van der Waals surface area contributed by atoms with Gasteiger partial charge in [0.25, 0.3) is 0 Å². The van der Waals surface area contributed by atoms with Gasteiger partial charge in [-0.15, -0.1) is 0 Å². The predicted molar refractivity (Wildman–Crippen MR) is 87.8 cm³/mol. The zero-order valence-electron chi connectivity index (χ0n) is 12.9. The van der Waals surface area contributed by atoms with E-state index in [9.17, 15) is 0 Å². The number of nitrogens with zero attached hydrogens (tertiary/aromatic N) is 2. The van der Waals surface area contributed by atoms with Gasteiger partial charge in [-0.25, -0.2) is 0 Å². The molecule has 0 saturated carbocycles. The van der Waals surface area contributed by atoms with Crippen LogP contribution >= 0.6 is 0 Å². The summed E-state index contributed by atoms with van der Waals surface area (Å²) in [6.45, 7) is 4.64. The van der Waals surface area contributed by atoms with Crippen LogP contribution in [0.2, 0.25) is 0 Å². The second-order valence-corrected chi connectivity index (χ2v) is 6.23. The molecule has 0 aliphatic carbocycles. The maximum Gasteiger partial charge on any atom is 0.134 e. The SMILES string of the molecule is CC1CCCN1CCc1cc2ccc(-c3cn[nH]c3)cc2o1. The third-order valence-electron chi connectivity index (χ3n) is 4.74. The first-order valence-electron chi connectivity index (χ1n) is 8.05. The summed E-state index contributed by atoms with van der Waals surface area (Å²) < 4.78 is 6.04. The monoisotopic (exact) mass is 295 g/mol. The second-order valence-electron chi connectivity index (χ2n) is 6.23. The van der Waals surface area contributed by atoms with E-state index >= 15 is 0 Å². The number of nitrogens with one attached hydrogen (secondary N) is 1. The first-order chi connectivity index (χ1) is 10.8. The summed E-state index contributed by atoms with van der Waals surface area (Å²) in [4.78, 5) is 2.56. The summed E-state index contributed by atoms with van der Waals surface area (Å²) in [7, 11) is 0. The van der Waals surface area contributed by atoms with Crippen molar-refractivity contribution < 1.29 is 4.42 Å². The van der Waals surface area contributed by atoms with Crippen molar-refractivity contribution in [3.8, 4) is 11.1 Å². The van der Waals surface area contributed by atoms with E-state index in [0.29, 0.717) is 0 Å². The zero-order valence-corrected chi connectivity index (χ0v) is 12.9. The van der Waals surface area contributed by atoms with Crippen molar-refractivity contribution in [1.82, 2.24) is 15.1 Å². The molecule has 1 saturated heterocycles. The minimum absolute atomic E-state index is 0.720. The summed E-state index contributed by atoms with van der Waals surface area (Å²) in [5.41, 5.74) is 3.18. The van der Waals surface area contributed by atoms with Crippen molar-refractivity contribution in [2.45, 2.75) is 32.2 Å². The predicted octanol–water partition coefficient (Wildman–Crippen LogP) is 3.85. The molecule has 0 bridgehead atoms. The minimum Gasteiger partial charge on any atom is -0.461 e. The van der Waals surface area contributed by atoms with Crippen LogP contribution in [-0.2, 0) is 6.42 Å². The normalized spacial score (nSPS) is 19.2. The van der Waals surface area contributed by atoms with Gasteiger partial charge in [0.15, 0.2) is 0 Å². The molecule has 1 aliphatic rings. The van der Waals surface area contributed by atoms with Gasteiger partial charge in [0.1, 0.15) is 11.3 Å². The molecule has 4 heteroatoms. The van der Waals surface area contributed by atoms with Crippen molar-refractivity contribution >= 4 is 11.0 Å².